The van der Waals surface area contributed by atoms with Crippen LogP contribution in [-0.4, -0.2) is 16.2 Å². The van der Waals surface area contributed by atoms with E-state index in [2.05, 4.69) is 163 Å². The summed E-state index contributed by atoms with van der Waals surface area (Å²) in [5.74, 6) is 0. The molecule has 0 amide bonds. The molecule has 0 radical (unpaired) electrons. The summed E-state index contributed by atoms with van der Waals surface area (Å²) >= 11 is 0. The molecule has 9 rings (SSSR count). The summed E-state index contributed by atoms with van der Waals surface area (Å²) in [4.78, 5) is 9.10. The van der Waals surface area contributed by atoms with Gasteiger partial charge in [0.05, 0.1) is 16.9 Å². The zero-order chi connectivity index (χ0) is 36.4. The molecule has 1 aliphatic carbocycles. The quantitative estimate of drug-likeness (QED) is 0.104. The summed E-state index contributed by atoms with van der Waals surface area (Å²) in [6.07, 6.45) is 15.6. The van der Waals surface area contributed by atoms with Crippen LogP contribution in [0.1, 0.15) is 30.4 Å². The van der Waals surface area contributed by atoms with E-state index in [1.807, 2.05) is 0 Å². The Bertz CT molecular complexity index is 2820. The molecule has 4 N–H and O–H groups in total. The summed E-state index contributed by atoms with van der Waals surface area (Å²) in [5.41, 5.74) is 20.1. The van der Waals surface area contributed by atoms with Gasteiger partial charge in [0.25, 0.3) is 0 Å². The molecule has 0 fully saturated rings. The number of H-pyrrole nitrogens is 1. The van der Waals surface area contributed by atoms with E-state index in [1.165, 1.54) is 39.1 Å². The molecule has 0 unspecified atom stereocenters. The highest BCUT2D eigenvalue weighted by Gasteiger charge is 2.20. The first kappa shape index (κ1) is 33.1. The molecule has 4 nitrogen and oxygen atoms in total. The zero-order valence-electron chi connectivity index (χ0n) is 30.0. The van der Waals surface area contributed by atoms with Crippen molar-refractivity contribution in [1.29, 1.82) is 5.41 Å². The van der Waals surface area contributed by atoms with Gasteiger partial charge in [0, 0.05) is 44.9 Å². The van der Waals surface area contributed by atoms with Crippen LogP contribution in [-0.2, 0) is 6.42 Å². The predicted octanol–water partition coefficient (Wildman–Crippen LogP) is 12.8. The van der Waals surface area contributed by atoms with Crippen LogP contribution < -0.4 is 5.73 Å². The van der Waals surface area contributed by atoms with E-state index in [9.17, 15) is 0 Å². The van der Waals surface area contributed by atoms with Crippen molar-refractivity contribution >= 4 is 60.8 Å². The zero-order valence-corrected chi connectivity index (χ0v) is 30.0. The van der Waals surface area contributed by atoms with Gasteiger partial charge in [-0.1, -0.05) is 145 Å². The van der Waals surface area contributed by atoms with Gasteiger partial charge in [0.1, 0.15) is 0 Å². The first-order valence-electron chi connectivity index (χ1n) is 18.7. The van der Waals surface area contributed by atoms with Gasteiger partial charge in [-0.3, -0.25) is 0 Å². The van der Waals surface area contributed by atoms with E-state index in [0.29, 0.717) is 5.69 Å². The molecule has 0 bridgehead atoms. The number of anilines is 1. The number of nitrogen functional groups attached to an aromatic ring is 1. The van der Waals surface area contributed by atoms with Gasteiger partial charge in [0.15, 0.2) is 0 Å². The molecule has 0 atom stereocenters. The first-order chi connectivity index (χ1) is 26.6. The lowest BCUT2D eigenvalue weighted by Gasteiger charge is -2.20. The Kier molecular flexibility index (Phi) is 8.78. The monoisotopic (exact) mass is 696 g/mol. The third-order valence-corrected chi connectivity index (χ3v) is 10.8. The third kappa shape index (κ3) is 6.22. The van der Waals surface area contributed by atoms with E-state index >= 15 is 0 Å². The standard InChI is InChI=1S/C50H40N4/c51-30-8-7-11-33-22-24-37(25-23-33)41(27-26-36-16-9-15-34-12-1-4-18-39(34)36)43-28-29-44-45(47-31-38-14-3-6-21-46(38)53-47)32-48(54-50(44)49(43)52)42-20-10-17-35-13-2-5-19-40(35)42/h1-10,12-22,24,27-32,51,53H,11,23,25-26,52H2/b8-7-,41-27-,51-30?. The number of rotatable bonds is 9. The smallest absolute Gasteiger partial charge is 0.0951 e. The number of nitrogens with two attached hydrogens (primary N) is 1. The summed E-state index contributed by atoms with van der Waals surface area (Å²) in [6.45, 7) is 0. The van der Waals surface area contributed by atoms with E-state index < -0.39 is 0 Å². The highest BCUT2D eigenvalue weighted by molar-refractivity contribution is 6.08. The summed E-state index contributed by atoms with van der Waals surface area (Å²) in [6, 6.07) is 47.3. The van der Waals surface area contributed by atoms with E-state index in [0.717, 1.165) is 86.5 Å². The second kappa shape index (κ2) is 14.3. The molecule has 54 heavy (non-hydrogen) atoms. The molecule has 0 spiro atoms. The number of aromatic amines is 1. The molecule has 1 aliphatic rings. The summed E-state index contributed by atoms with van der Waals surface area (Å²) < 4.78 is 0. The average Bonchev–Trinajstić information content (AvgIpc) is 3.66. The second-order valence-corrected chi connectivity index (χ2v) is 14.1. The number of nitrogens with one attached hydrogen (secondary N) is 2. The molecule has 2 aromatic heterocycles. The van der Waals surface area contributed by atoms with Crippen LogP contribution in [0.5, 0.6) is 0 Å². The largest absolute Gasteiger partial charge is 0.396 e. The minimum Gasteiger partial charge on any atom is -0.396 e. The summed E-state index contributed by atoms with van der Waals surface area (Å²) in [5, 5.41) is 14.4. The number of hydrogen-bond donors (Lipinski definition) is 3. The number of para-hydroxylation sites is 1. The maximum Gasteiger partial charge on any atom is 0.0951 e. The molecule has 2 heterocycles. The summed E-state index contributed by atoms with van der Waals surface area (Å²) in [7, 11) is 0. The normalized spacial score (nSPS) is 13.6. The first-order valence-corrected chi connectivity index (χ1v) is 18.7. The van der Waals surface area contributed by atoms with Gasteiger partial charge in [-0.25, -0.2) is 4.98 Å². The number of fused-ring (bicyclic) bond motifs is 4. The SMILES string of the molecule is N=C/C=C\CC1=CC=C(/C(=C/Cc2cccc3ccccc23)c2ccc3c(-c4cc5ccccc5[nH]4)cc(-c4cccc5ccccc45)nc3c2N)CC1. The maximum atomic E-state index is 7.39. The highest BCUT2D eigenvalue weighted by Crippen LogP contribution is 2.42. The molecule has 6 aromatic carbocycles. The van der Waals surface area contributed by atoms with Crippen LogP contribution in [0, 0.1) is 5.41 Å². The second-order valence-electron chi connectivity index (χ2n) is 14.1. The van der Waals surface area contributed by atoms with Gasteiger partial charge in [0.2, 0.25) is 0 Å². The lowest BCUT2D eigenvalue weighted by Crippen LogP contribution is -2.03. The maximum absolute atomic E-state index is 7.39. The lowest BCUT2D eigenvalue weighted by molar-refractivity contribution is 0.900. The van der Waals surface area contributed by atoms with Crippen LogP contribution >= 0.6 is 0 Å². The number of pyridine rings is 1. The van der Waals surface area contributed by atoms with Crippen molar-refractivity contribution in [2.45, 2.75) is 25.7 Å². The Morgan fingerprint density at radius 3 is 2.22 bits per heavy atom. The van der Waals surface area contributed by atoms with E-state index in [-0.39, 0.29) is 0 Å². The molecule has 0 saturated heterocycles. The molecule has 0 aliphatic heterocycles. The van der Waals surface area contributed by atoms with Gasteiger partial charge in [-0.05, 0) is 88.2 Å². The molecule has 0 saturated carbocycles. The highest BCUT2D eigenvalue weighted by atomic mass is 14.8. The third-order valence-electron chi connectivity index (χ3n) is 10.8. The Hall–Kier alpha value is -6.78. The Morgan fingerprint density at radius 2 is 1.43 bits per heavy atom. The fourth-order valence-corrected chi connectivity index (χ4v) is 8.03. The number of allylic oxidation sites excluding steroid dienone is 8. The minimum atomic E-state index is 0.681. The fraction of sp³-hybridized carbons (Fsp3) is 0.0800. The predicted molar refractivity (Wildman–Crippen MR) is 230 cm³/mol. The Morgan fingerprint density at radius 1 is 0.685 bits per heavy atom. The van der Waals surface area contributed by atoms with Crippen molar-refractivity contribution in [3.05, 3.63) is 186 Å². The van der Waals surface area contributed by atoms with Crippen molar-refractivity contribution in [1.82, 2.24) is 9.97 Å². The number of hydrogen-bond acceptors (Lipinski definition) is 3. The molecular weight excluding hydrogens is 657 g/mol. The number of aromatic nitrogens is 2. The molecule has 260 valence electrons. The van der Waals surface area contributed by atoms with Gasteiger partial charge in [-0.2, -0.15) is 0 Å². The van der Waals surface area contributed by atoms with Crippen LogP contribution in [0.2, 0.25) is 0 Å². The Labute approximate surface area is 315 Å². The van der Waals surface area contributed by atoms with Crippen molar-refractivity contribution < 1.29 is 0 Å². The topological polar surface area (TPSA) is 78.5 Å². The number of nitrogens with zero attached hydrogens (tertiary/aromatic N) is 1. The van der Waals surface area contributed by atoms with Gasteiger partial charge < -0.3 is 16.1 Å². The van der Waals surface area contributed by atoms with E-state index in [4.69, 9.17) is 16.1 Å². The van der Waals surface area contributed by atoms with Crippen LogP contribution in [0.4, 0.5) is 5.69 Å². The van der Waals surface area contributed by atoms with Crippen LogP contribution in [0.15, 0.2) is 175 Å². The van der Waals surface area contributed by atoms with Gasteiger partial charge in [-0.15, -0.1) is 0 Å². The minimum absolute atomic E-state index is 0.681. The average molecular weight is 697 g/mol. The van der Waals surface area contributed by atoms with Crippen LogP contribution in [0.3, 0.4) is 0 Å². The lowest BCUT2D eigenvalue weighted by atomic mass is 9.86. The van der Waals surface area contributed by atoms with Crippen molar-refractivity contribution in [2.75, 3.05) is 5.73 Å². The Balaban J connectivity index is 1.25. The fourth-order valence-electron chi connectivity index (χ4n) is 8.03. The van der Waals surface area contributed by atoms with Crippen molar-refractivity contribution in [3.8, 4) is 22.5 Å². The van der Waals surface area contributed by atoms with Crippen LogP contribution in [0.25, 0.3) is 71.4 Å². The van der Waals surface area contributed by atoms with E-state index in [1.54, 1.807) is 6.08 Å². The van der Waals surface area contributed by atoms with Crippen molar-refractivity contribution in [2.24, 2.45) is 0 Å². The van der Waals surface area contributed by atoms with Gasteiger partial charge >= 0.3 is 0 Å². The molecule has 8 aromatic rings. The van der Waals surface area contributed by atoms with Crippen molar-refractivity contribution in [3.63, 3.8) is 0 Å². The number of benzene rings is 6. The molecule has 4 heteroatoms. The molecular formula is C50H40N4.